The molecule has 4 heteroatoms. The summed E-state index contributed by atoms with van der Waals surface area (Å²) in [5.74, 6) is 0.350. The average Bonchev–Trinajstić information content (AvgIpc) is 2.83. The molecule has 2 aromatic carbocycles. The molecule has 1 aliphatic heterocycles. The number of esters is 1. The summed E-state index contributed by atoms with van der Waals surface area (Å²) in [4.78, 5) is 11.5. The van der Waals surface area contributed by atoms with Crippen LogP contribution in [0.15, 0.2) is 60.4 Å². The van der Waals surface area contributed by atoms with Crippen molar-refractivity contribution in [3.05, 3.63) is 71.5 Å². The van der Waals surface area contributed by atoms with Crippen LogP contribution in [0.4, 0.5) is 0 Å². The van der Waals surface area contributed by atoms with E-state index in [0.717, 1.165) is 11.1 Å². The Labute approximate surface area is 121 Å². The van der Waals surface area contributed by atoms with Crippen LogP contribution in [0.25, 0.3) is 11.6 Å². The molecule has 0 aliphatic carbocycles. The third-order valence-corrected chi connectivity index (χ3v) is 3.11. The van der Waals surface area contributed by atoms with E-state index in [1.807, 2.05) is 0 Å². The molecule has 0 atom stereocenters. The van der Waals surface area contributed by atoms with Gasteiger partial charge in [-0.25, -0.2) is 4.79 Å². The molecule has 0 amide bonds. The van der Waals surface area contributed by atoms with Gasteiger partial charge in [-0.1, -0.05) is 24.3 Å². The number of rotatable bonds is 2. The zero-order valence-electron chi connectivity index (χ0n) is 11.0. The lowest BCUT2D eigenvalue weighted by molar-refractivity contribution is -0.132. The number of ether oxygens (including phenoxy) is 1. The largest absolute Gasteiger partial charge is 0.508 e. The van der Waals surface area contributed by atoms with Crippen LogP contribution in [0.2, 0.25) is 0 Å². The lowest BCUT2D eigenvalue weighted by atomic mass is 10.0. The molecule has 3 rings (SSSR count). The van der Waals surface area contributed by atoms with Crippen molar-refractivity contribution in [1.82, 2.24) is 0 Å². The molecule has 0 aromatic heterocycles. The quantitative estimate of drug-likeness (QED) is 0.830. The molecule has 21 heavy (non-hydrogen) atoms. The summed E-state index contributed by atoms with van der Waals surface area (Å²) in [7, 11) is 0. The Bertz CT molecular complexity index is 737. The van der Waals surface area contributed by atoms with Gasteiger partial charge in [-0.3, -0.25) is 0 Å². The van der Waals surface area contributed by atoms with Crippen molar-refractivity contribution < 1.29 is 19.7 Å². The highest BCUT2D eigenvalue weighted by atomic mass is 16.5. The van der Waals surface area contributed by atoms with Gasteiger partial charge in [-0.05, 0) is 41.5 Å². The Morgan fingerprint density at radius 2 is 1.43 bits per heavy atom. The van der Waals surface area contributed by atoms with Gasteiger partial charge in [0.25, 0.3) is 0 Å². The van der Waals surface area contributed by atoms with Gasteiger partial charge in [0.1, 0.15) is 17.3 Å². The van der Waals surface area contributed by atoms with E-state index in [0.29, 0.717) is 11.3 Å². The minimum atomic E-state index is -0.428. The van der Waals surface area contributed by atoms with Crippen LogP contribution >= 0.6 is 0 Å². The fraction of sp³-hybridized carbons (Fsp3) is 0. The van der Waals surface area contributed by atoms with Gasteiger partial charge in [-0.15, -0.1) is 0 Å². The number of hydrogen-bond acceptors (Lipinski definition) is 4. The molecule has 1 heterocycles. The van der Waals surface area contributed by atoms with Gasteiger partial charge in [-0.2, -0.15) is 0 Å². The lowest BCUT2D eigenvalue weighted by Gasteiger charge is -2.05. The molecule has 0 fully saturated rings. The van der Waals surface area contributed by atoms with Crippen LogP contribution in [0.5, 0.6) is 11.5 Å². The van der Waals surface area contributed by atoms with E-state index in [2.05, 4.69) is 0 Å². The SMILES string of the molecule is O=C1C=C(c2ccc(O)cc2)/C(=C/c2ccc(O)cc2)O1. The number of cyclic esters (lactones) is 1. The van der Waals surface area contributed by atoms with Gasteiger partial charge in [0.05, 0.1) is 0 Å². The van der Waals surface area contributed by atoms with Gasteiger partial charge >= 0.3 is 5.97 Å². The minimum Gasteiger partial charge on any atom is -0.508 e. The zero-order valence-corrected chi connectivity index (χ0v) is 11.0. The smallest absolute Gasteiger partial charge is 0.336 e. The Balaban J connectivity index is 1.98. The first kappa shape index (κ1) is 13.0. The third-order valence-electron chi connectivity index (χ3n) is 3.11. The van der Waals surface area contributed by atoms with Crippen LogP contribution in [0.1, 0.15) is 11.1 Å². The number of aromatic hydroxyl groups is 2. The molecular weight excluding hydrogens is 268 g/mol. The summed E-state index contributed by atoms with van der Waals surface area (Å²) in [5, 5.41) is 18.6. The highest BCUT2D eigenvalue weighted by Crippen LogP contribution is 2.32. The maximum atomic E-state index is 11.5. The van der Waals surface area contributed by atoms with Crippen molar-refractivity contribution in [2.24, 2.45) is 0 Å². The van der Waals surface area contributed by atoms with Crippen LogP contribution in [0.3, 0.4) is 0 Å². The van der Waals surface area contributed by atoms with Crippen LogP contribution in [-0.2, 0) is 9.53 Å². The van der Waals surface area contributed by atoms with Gasteiger partial charge in [0, 0.05) is 11.6 Å². The molecule has 0 unspecified atom stereocenters. The second-order valence-corrected chi connectivity index (χ2v) is 4.63. The van der Waals surface area contributed by atoms with E-state index >= 15 is 0 Å². The number of phenols is 2. The molecule has 0 saturated carbocycles. The highest BCUT2D eigenvalue weighted by molar-refractivity contribution is 6.03. The number of carbonyl (C=O) groups is 1. The maximum Gasteiger partial charge on any atom is 0.336 e. The zero-order chi connectivity index (χ0) is 14.8. The predicted octanol–water partition coefficient (Wildman–Crippen LogP) is 3.08. The Hall–Kier alpha value is -3.01. The fourth-order valence-electron chi connectivity index (χ4n) is 2.08. The number of carbonyl (C=O) groups excluding carboxylic acids is 1. The van der Waals surface area contributed by atoms with E-state index < -0.39 is 5.97 Å². The summed E-state index contributed by atoms with van der Waals surface area (Å²) in [6.07, 6.45) is 3.14. The van der Waals surface area contributed by atoms with Crippen molar-refractivity contribution in [1.29, 1.82) is 0 Å². The van der Waals surface area contributed by atoms with Crippen molar-refractivity contribution in [3.8, 4) is 11.5 Å². The third kappa shape index (κ3) is 2.79. The van der Waals surface area contributed by atoms with E-state index in [1.54, 1.807) is 54.6 Å². The summed E-state index contributed by atoms with van der Waals surface area (Å²) in [6, 6.07) is 13.1. The summed E-state index contributed by atoms with van der Waals surface area (Å²) in [5.41, 5.74) is 2.25. The van der Waals surface area contributed by atoms with Crippen LogP contribution in [-0.4, -0.2) is 16.2 Å². The molecule has 0 saturated heterocycles. The second kappa shape index (κ2) is 5.17. The Kier molecular flexibility index (Phi) is 3.20. The molecule has 0 radical (unpaired) electrons. The van der Waals surface area contributed by atoms with Gasteiger partial charge < -0.3 is 14.9 Å². The monoisotopic (exact) mass is 280 g/mol. The normalized spacial score (nSPS) is 15.9. The number of allylic oxidation sites excluding steroid dienone is 1. The first-order chi connectivity index (χ1) is 10.1. The van der Waals surface area contributed by atoms with Gasteiger partial charge in [0.15, 0.2) is 0 Å². The van der Waals surface area contributed by atoms with E-state index in [9.17, 15) is 15.0 Å². The second-order valence-electron chi connectivity index (χ2n) is 4.63. The number of phenolic OH excluding ortho intramolecular Hbond substituents is 2. The minimum absolute atomic E-state index is 0.161. The van der Waals surface area contributed by atoms with E-state index in [1.165, 1.54) is 6.08 Å². The number of benzene rings is 2. The molecule has 4 nitrogen and oxygen atoms in total. The van der Waals surface area contributed by atoms with Gasteiger partial charge in [0.2, 0.25) is 0 Å². The molecule has 0 spiro atoms. The summed E-state index contributed by atoms with van der Waals surface area (Å²) >= 11 is 0. The standard InChI is InChI=1S/C17H12O4/c18-13-5-1-11(2-6-13)9-16-15(10-17(20)21-16)12-3-7-14(19)8-4-12/h1-10,18-19H/b16-9-. The van der Waals surface area contributed by atoms with E-state index in [-0.39, 0.29) is 11.5 Å². The first-order valence-electron chi connectivity index (χ1n) is 6.36. The molecule has 2 aromatic rings. The van der Waals surface area contributed by atoms with Crippen molar-refractivity contribution >= 4 is 17.6 Å². The van der Waals surface area contributed by atoms with Crippen molar-refractivity contribution in [3.63, 3.8) is 0 Å². The Morgan fingerprint density at radius 3 is 2.05 bits per heavy atom. The lowest BCUT2D eigenvalue weighted by Crippen LogP contribution is -1.91. The predicted molar refractivity (Wildman–Crippen MR) is 78.3 cm³/mol. The van der Waals surface area contributed by atoms with Crippen LogP contribution < -0.4 is 0 Å². The summed E-state index contributed by atoms with van der Waals surface area (Å²) in [6.45, 7) is 0. The molecule has 0 bridgehead atoms. The first-order valence-corrected chi connectivity index (χ1v) is 6.36. The number of hydrogen-bond donors (Lipinski definition) is 2. The maximum absolute atomic E-state index is 11.5. The van der Waals surface area contributed by atoms with Crippen molar-refractivity contribution in [2.45, 2.75) is 0 Å². The average molecular weight is 280 g/mol. The highest BCUT2D eigenvalue weighted by Gasteiger charge is 2.21. The molecule has 2 N–H and O–H groups in total. The fourth-order valence-corrected chi connectivity index (χ4v) is 2.08. The molecular formula is C17H12O4. The Morgan fingerprint density at radius 1 is 0.857 bits per heavy atom. The molecule has 104 valence electrons. The topological polar surface area (TPSA) is 66.8 Å². The summed E-state index contributed by atoms with van der Waals surface area (Å²) < 4.78 is 5.20. The van der Waals surface area contributed by atoms with Crippen LogP contribution in [0, 0.1) is 0 Å². The molecule has 1 aliphatic rings. The van der Waals surface area contributed by atoms with E-state index in [4.69, 9.17) is 4.74 Å². The van der Waals surface area contributed by atoms with Crippen molar-refractivity contribution in [2.75, 3.05) is 0 Å².